The third-order valence-corrected chi connectivity index (χ3v) is 3.49. The molecule has 1 aliphatic rings. The third kappa shape index (κ3) is 1.72. The Morgan fingerprint density at radius 1 is 0.812 bits per heavy atom. The maximum Gasteiger partial charge on any atom is 0.0522 e. The van der Waals surface area contributed by atoms with Gasteiger partial charge in [0.1, 0.15) is 0 Å². The van der Waals surface area contributed by atoms with Crippen molar-refractivity contribution >= 4 is 23.7 Å². The highest BCUT2D eigenvalue weighted by Crippen LogP contribution is 2.31. The Morgan fingerprint density at radius 2 is 1.56 bits per heavy atom. The van der Waals surface area contributed by atoms with Gasteiger partial charge in [-0.2, -0.15) is 0 Å². The average Bonchev–Trinajstić information content (AvgIpc) is 2.39. The summed E-state index contributed by atoms with van der Waals surface area (Å²) in [7, 11) is 0. The Bertz CT molecular complexity index is 531. The van der Waals surface area contributed by atoms with Crippen molar-refractivity contribution in [2.75, 3.05) is 0 Å². The summed E-state index contributed by atoms with van der Waals surface area (Å²) < 4.78 is 3.37. The largest absolute Gasteiger partial charge is 0.325 e. The summed E-state index contributed by atoms with van der Waals surface area (Å²) in [5.74, 6) is 0. The van der Waals surface area contributed by atoms with Gasteiger partial charge in [0.05, 0.1) is 5.70 Å². The molecule has 1 heterocycles. The molecule has 0 aliphatic carbocycles. The van der Waals surface area contributed by atoms with Crippen molar-refractivity contribution in [2.45, 2.75) is 4.90 Å². The van der Waals surface area contributed by atoms with E-state index in [4.69, 9.17) is 0 Å². The summed E-state index contributed by atoms with van der Waals surface area (Å²) in [5, 5.41) is 0. The lowest BCUT2D eigenvalue weighted by molar-refractivity contribution is 1.32. The van der Waals surface area contributed by atoms with E-state index in [0.29, 0.717) is 0 Å². The molecule has 0 fully saturated rings. The smallest absolute Gasteiger partial charge is 0.0522 e. The van der Waals surface area contributed by atoms with Crippen LogP contribution in [0.3, 0.4) is 0 Å². The molecule has 0 amide bonds. The summed E-state index contributed by atoms with van der Waals surface area (Å²) >= 11 is 1.67. The van der Waals surface area contributed by atoms with Gasteiger partial charge in [-0.25, -0.2) is 0 Å². The summed E-state index contributed by atoms with van der Waals surface area (Å²) in [6.45, 7) is 0. The molecule has 0 saturated heterocycles. The Morgan fingerprint density at radius 3 is 2.44 bits per heavy atom. The van der Waals surface area contributed by atoms with Crippen LogP contribution in [0.4, 0.5) is 0 Å². The van der Waals surface area contributed by atoms with Crippen molar-refractivity contribution in [2.24, 2.45) is 0 Å². The molecular formula is C14H11NS. The summed E-state index contributed by atoms with van der Waals surface area (Å²) in [6, 6.07) is 18.8. The van der Waals surface area contributed by atoms with Crippen molar-refractivity contribution in [3.63, 3.8) is 0 Å². The lowest BCUT2D eigenvalue weighted by Gasteiger charge is -2.17. The van der Waals surface area contributed by atoms with Crippen LogP contribution in [0.5, 0.6) is 0 Å². The lowest BCUT2D eigenvalue weighted by Crippen LogP contribution is -2.06. The average molecular weight is 225 g/mol. The summed E-state index contributed by atoms with van der Waals surface area (Å²) in [5.41, 5.74) is 3.68. The van der Waals surface area contributed by atoms with Crippen molar-refractivity contribution in [3.05, 3.63) is 65.7 Å². The van der Waals surface area contributed by atoms with Crippen LogP contribution in [0.2, 0.25) is 0 Å². The SMILES string of the molecule is C1=C(c2ccccc2)NSc2ccccc21. The third-order valence-electron chi connectivity index (χ3n) is 2.57. The zero-order chi connectivity index (χ0) is 10.8. The molecule has 0 atom stereocenters. The van der Waals surface area contributed by atoms with Crippen LogP contribution in [0.25, 0.3) is 11.8 Å². The van der Waals surface area contributed by atoms with E-state index in [-0.39, 0.29) is 0 Å². The van der Waals surface area contributed by atoms with Crippen LogP contribution in [0, 0.1) is 0 Å². The van der Waals surface area contributed by atoms with E-state index in [0.717, 1.165) is 0 Å². The molecule has 1 N–H and O–H groups in total. The second-order valence-corrected chi connectivity index (χ2v) is 4.51. The van der Waals surface area contributed by atoms with E-state index in [9.17, 15) is 0 Å². The van der Waals surface area contributed by atoms with Gasteiger partial charge in [0.25, 0.3) is 0 Å². The molecule has 1 nitrogen and oxygen atoms in total. The van der Waals surface area contributed by atoms with Crippen molar-refractivity contribution in [1.82, 2.24) is 4.72 Å². The van der Waals surface area contributed by atoms with Crippen LogP contribution >= 0.6 is 11.9 Å². The van der Waals surface area contributed by atoms with E-state index in [1.807, 2.05) is 6.07 Å². The molecule has 16 heavy (non-hydrogen) atoms. The predicted octanol–water partition coefficient (Wildman–Crippen LogP) is 3.80. The minimum absolute atomic E-state index is 1.17. The lowest BCUT2D eigenvalue weighted by atomic mass is 10.1. The molecule has 78 valence electrons. The van der Waals surface area contributed by atoms with Crippen LogP contribution in [-0.2, 0) is 0 Å². The van der Waals surface area contributed by atoms with Gasteiger partial charge >= 0.3 is 0 Å². The maximum atomic E-state index is 3.37. The Labute approximate surface area is 99.3 Å². The van der Waals surface area contributed by atoms with Gasteiger partial charge in [0, 0.05) is 4.90 Å². The van der Waals surface area contributed by atoms with Gasteiger partial charge in [-0.05, 0) is 35.2 Å². The highest BCUT2D eigenvalue weighted by atomic mass is 32.2. The van der Waals surface area contributed by atoms with Crippen molar-refractivity contribution in [1.29, 1.82) is 0 Å². The highest BCUT2D eigenvalue weighted by Gasteiger charge is 2.10. The van der Waals surface area contributed by atoms with Gasteiger partial charge in [0.2, 0.25) is 0 Å². The normalized spacial score (nSPS) is 13.6. The molecule has 2 aromatic carbocycles. The molecule has 3 rings (SSSR count). The van der Waals surface area contributed by atoms with E-state index in [1.54, 1.807) is 11.9 Å². The fourth-order valence-corrected chi connectivity index (χ4v) is 2.54. The van der Waals surface area contributed by atoms with Crippen LogP contribution in [-0.4, -0.2) is 0 Å². The van der Waals surface area contributed by atoms with Gasteiger partial charge < -0.3 is 4.72 Å². The molecular weight excluding hydrogens is 214 g/mol. The first kappa shape index (κ1) is 9.55. The second-order valence-electron chi connectivity index (χ2n) is 3.67. The number of hydrogen-bond acceptors (Lipinski definition) is 2. The maximum absolute atomic E-state index is 3.37. The summed E-state index contributed by atoms with van der Waals surface area (Å²) in [4.78, 5) is 1.28. The molecule has 0 unspecified atom stereocenters. The number of hydrogen-bond donors (Lipinski definition) is 1. The minimum Gasteiger partial charge on any atom is -0.325 e. The first-order valence-electron chi connectivity index (χ1n) is 5.22. The Hall–Kier alpha value is -1.67. The molecule has 0 spiro atoms. The monoisotopic (exact) mass is 225 g/mol. The van der Waals surface area contributed by atoms with Crippen LogP contribution < -0.4 is 4.72 Å². The fraction of sp³-hybridized carbons (Fsp3) is 0. The highest BCUT2D eigenvalue weighted by molar-refractivity contribution is 7.97. The zero-order valence-corrected chi connectivity index (χ0v) is 9.50. The number of fused-ring (bicyclic) bond motifs is 1. The van der Waals surface area contributed by atoms with E-state index >= 15 is 0 Å². The number of rotatable bonds is 1. The standard InChI is InChI=1S/C14H11NS/c1-2-6-11(7-3-1)13-10-12-8-4-5-9-14(12)16-15-13/h1-10,15H. The van der Waals surface area contributed by atoms with E-state index < -0.39 is 0 Å². The predicted molar refractivity (Wildman–Crippen MR) is 69.7 cm³/mol. The summed E-state index contributed by atoms with van der Waals surface area (Å²) in [6.07, 6.45) is 2.20. The molecule has 0 aromatic heterocycles. The molecule has 0 radical (unpaired) electrons. The van der Waals surface area contributed by atoms with Gasteiger partial charge in [-0.1, -0.05) is 48.5 Å². The van der Waals surface area contributed by atoms with E-state index in [2.05, 4.69) is 59.3 Å². The van der Waals surface area contributed by atoms with Crippen LogP contribution in [0.1, 0.15) is 11.1 Å². The first-order chi connectivity index (χ1) is 7.93. The second kappa shape index (κ2) is 4.06. The van der Waals surface area contributed by atoms with Crippen LogP contribution in [0.15, 0.2) is 59.5 Å². The molecule has 2 aromatic rings. The van der Waals surface area contributed by atoms with E-state index in [1.165, 1.54) is 21.7 Å². The fourth-order valence-electron chi connectivity index (χ4n) is 1.75. The topological polar surface area (TPSA) is 12.0 Å². The molecule has 1 aliphatic heterocycles. The van der Waals surface area contributed by atoms with Crippen molar-refractivity contribution in [3.8, 4) is 0 Å². The number of nitrogens with one attached hydrogen (secondary N) is 1. The molecule has 0 saturated carbocycles. The first-order valence-corrected chi connectivity index (χ1v) is 6.04. The zero-order valence-electron chi connectivity index (χ0n) is 8.68. The minimum atomic E-state index is 1.17. The van der Waals surface area contributed by atoms with Gasteiger partial charge in [-0.3, -0.25) is 0 Å². The van der Waals surface area contributed by atoms with Crippen molar-refractivity contribution < 1.29 is 0 Å². The quantitative estimate of drug-likeness (QED) is 0.741. The van der Waals surface area contributed by atoms with Gasteiger partial charge in [-0.15, -0.1) is 0 Å². The Kier molecular flexibility index (Phi) is 2.43. The van der Waals surface area contributed by atoms with Gasteiger partial charge in [0.15, 0.2) is 0 Å². The Balaban J connectivity index is 2.04. The molecule has 0 bridgehead atoms. The number of benzene rings is 2. The molecule has 2 heteroatoms.